The van der Waals surface area contributed by atoms with Gasteiger partial charge in [-0.15, -0.1) is 0 Å². The second kappa shape index (κ2) is 7.95. The van der Waals surface area contributed by atoms with Gasteiger partial charge in [0.2, 0.25) is 5.95 Å². The third kappa shape index (κ3) is 3.81. The largest absolute Gasteiger partial charge is 0.434 e. The van der Waals surface area contributed by atoms with E-state index in [4.69, 9.17) is 15.9 Å². The number of nitrogens with zero attached hydrogens (tertiary/aromatic N) is 6. The van der Waals surface area contributed by atoms with Crippen LogP contribution in [0.4, 0.5) is 19.1 Å². The van der Waals surface area contributed by atoms with E-state index >= 15 is 0 Å². The first kappa shape index (κ1) is 20.7. The van der Waals surface area contributed by atoms with Gasteiger partial charge in [-0.05, 0) is 13.0 Å². The van der Waals surface area contributed by atoms with Crippen LogP contribution in [0.25, 0.3) is 17.0 Å². The summed E-state index contributed by atoms with van der Waals surface area (Å²) in [6.45, 7) is 2.79. The molecule has 0 radical (unpaired) electrons. The summed E-state index contributed by atoms with van der Waals surface area (Å²) in [4.78, 5) is 18.4. The molecule has 0 bridgehead atoms. The van der Waals surface area contributed by atoms with E-state index in [1.807, 2.05) is 11.8 Å². The first-order valence-corrected chi connectivity index (χ1v) is 9.37. The number of nitrogens with two attached hydrogens (primary N) is 1. The maximum absolute atomic E-state index is 13.1. The smallest absolute Gasteiger partial charge is 0.404 e. The molecule has 1 aliphatic heterocycles. The Morgan fingerprint density at radius 3 is 2.81 bits per heavy atom. The summed E-state index contributed by atoms with van der Waals surface area (Å²) in [7, 11) is 0. The van der Waals surface area contributed by atoms with Gasteiger partial charge in [0, 0.05) is 36.9 Å². The Balaban J connectivity index is 1.71. The van der Waals surface area contributed by atoms with Crippen molar-refractivity contribution in [3.8, 4) is 11.4 Å². The van der Waals surface area contributed by atoms with Crippen LogP contribution in [-0.4, -0.2) is 55.8 Å². The number of rotatable bonds is 4. The minimum Gasteiger partial charge on any atom is -0.404 e. The lowest BCUT2D eigenvalue weighted by molar-refractivity contribution is -0.141. The molecule has 31 heavy (non-hydrogen) atoms. The standard InChI is InChI=1S/C19H19F3N8O/c1-11-17(12(6-23)7-24)31-5-4-29(11)18-25-3-2-13(28-18)14-8-27-16-9-26-15(10-30(14)16)19(20,21)22/h2-3,6-11,17,23H,4-5,24H2,1H3/b12-7+,23-6?. The molecule has 3 aromatic heterocycles. The van der Waals surface area contributed by atoms with E-state index < -0.39 is 18.0 Å². The number of hydrogen-bond donors (Lipinski definition) is 2. The highest BCUT2D eigenvalue weighted by Gasteiger charge is 2.34. The first-order chi connectivity index (χ1) is 14.8. The van der Waals surface area contributed by atoms with Gasteiger partial charge >= 0.3 is 6.18 Å². The number of nitrogens with one attached hydrogen (secondary N) is 1. The minimum atomic E-state index is -4.58. The molecule has 4 rings (SSSR count). The van der Waals surface area contributed by atoms with Crippen molar-refractivity contribution in [1.82, 2.24) is 24.3 Å². The number of aromatic nitrogens is 5. The molecule has 12 heteroatoms. The molecule has 162 valence electrons. The van der Waals surface area contributed by atoms with Gasteiger partial charge in [-0.3, -0.25) is 4.40 Å². The molecule has 9 nitrogen and oxygen atoms in total. The average molecular weight is 432 g/mol. The summed E-state index contributed by atoms with van der Waals surface area (Å²) < 4.78 is 46.4. The molecular weight excluding hydrogens is 413 g/mol. The van der Waals surface area contributed by atoms with E-state index in [0.717, 1.165) is 18.6 Å². The Bertz CT molecular complexity index is 1140. The van der Waals surface area contributed by atoms with Crippen molar-refractivity contribution >= 4 is 17.8 Å². The van der Waals surface area contributed by atoms with Crippen LogP contribution >= 0.6 is 0 Å². The number of anilines is 1. The lowest BCUT2D eigenvalue weighted by Crippen LogP contribution is -2.51. The number of ether oxygens (including phenoxy) is 1. The molecule has 4 heterocycles. The van der Waals surface area contributed by atoms with Gasteiger partial charge in [-0.1, -0.05) is 0 Å². The number of halogens is 3. The Morgan fingerprint density at radius 1 is 1.29 bits per heavy atom. The second-order valence-electron chi connectivity index (χ2n) is 6.92. The Hall–Kier alpha value is -3.54. The third-order valence-electron chi connectivity index (χ3n) is 5.10. The highest BCUT2D eigenvalue weighted by molar-refractivity contribution is 5.77. The Morgan fingerprint density at radius 2 is 2.10 bits per heavy atom. The van der Waals surface area contributed by atoms with Crippen LogP contribution in [0.15, 0.2) is 42.6 Å². The lowest BCUT2D eigenvalue weighted by Gasteiger charge is -2.39. The molecule has 0 spiro atoms. The minimum absolute atomic E-state index is 0.219. The maximum atomic E-state index is 13.1. The van der Waals surface area contributed by atoms with Gasteiger partial charge in [-0.25, -0.2) is 19.9 Å². The number of imidazole rings is 1. The topological polar surface area (TPSA) is 118 Å². The van der Waals surface area contributed by atoms with Crippen molar-refractivity contribution in [3.63, 3.8) is 0 Å². The molecule has 2 unspecified atom stereocenters. The van der Waals surface area contributed by atoms with Crippen molar-refractivity contribution in [3.05, 3.63) is 48.3 Å². The highest BCUT2D eigenvalue weighted by atomic mass is 19.4. The fraction of sp³-hybridized carbons (Fsp3) is 0.316. The quantitative estimate of drug-likeness (QED) is 0.607. The van der Waals surface area contributed by atoms with Crippen molar-refractivity contribution < 1.29 is 17.9 Å². The molecule has 0 saturated carbocycles. The summed E-state index contributed by atoms with van der Waals surface area (Å²) in [5, 5.41) is 7.53. The number of morpholine rings is 1. The van der Waals surface area contributed by atoms with Crippen LogP contribution < -0.4 is 10.6 Å². The Labute approximate surface area is 174 Å². The fourth-order valence-electron chi connectivity index (χ4n) is 3.52. The Kier molecular flexibility index (Phi) is 5.31. The van der Waals surface area contributed by atoms with Crippen LogP contribution in [0.5, 0.6) is 0 Å². The summed E-state index contributed by atoms with van der Waals surface area (Å²) >= 11 is 0. The van der Waals surface area contributed by atoms with E-state index in [1.165, 1.54) is 23.0 Å². The van der Waals surface area contributed by atoms with Crippen molar-refractivity contribution in [1.29, 1.82) is 5.41 Å². The number of hydrogen-bond acceptors (Lipinski definition) is 8. The summed E-state index contributed by atoms with van der Waals surface area (Å²) in [6, 6.07) is 1.38. The maximum Gasteiger partial charge on any atom is 0.434 e. The van der Waals surface area contributed by atoms with Gasteiger partial charge in [0.1, 0.15) is 6.10 Å². The monoisotopic (exact) mass is 432 g/mol. The van der Waals surface area contributed by atoms with Crippen molar-refractivity contribution in [2.75, 3.05) is 18.1 Å². The average Bonchev–Trinajstić information content (AvgIpc) is 3.18. The molecule has 1 fully saturated rings. The van der Waals surface area contributed by atoms with E-state index in [2.05, 4.69) is 19.9 Å². The van der Waals surface area contributed by atoms with Crippen LogP contribution in [0.3, 0.4) is 0 Å². The highest BCUT2D eigenvalue weighted by Crippen LogP contribution is 2.29. The van der Waals surface area contributed by atoms with Gasteiger partial charge in [0.05, 0.1) is 36.4 Å². The second-order valence-corrected chi connectivity index (χ2v) is 6.92. The molecular formula is C19H19F3N8O. The van der Waals surface area contributed by atoms with Gasteiger partial charge < -0.3 is 20.8 Å². The van der Waals surface area contributed by atoms with Gasteiger partial charge in [0.15, 0.2) is 11.3 Å². The fourth-order valence-corrected chi connectivity index (χ4v) is 3.52. The molecule has 1 saturated heterocycles. The molecule has 3 N–H and O–H groups in total. The summed E-state index contributed by atoms with van der Waals surface area (Å²) in [5.41, 5.74) is 6.18. The van der Waals surface area contributed by atoms with Gasteiger partial charge in [0.25, 0.3) is 0 Å². The van der Waals surface area contributed by atoms with Crippen LogP contribution in [0, 0.1) is 5.41 Å². The van der Waals surface area contributed by atoms with Crippen LogP contribution in [0.2, 0.25) is 0 Å². The summed E-state index contributed by atoms with van der Waals surface area (Å²) in [5.74, 6) is 0.389. The zero-order chi connectivity index (χ0) is 22.2. The predicted molar refractivity (Wildman–Crippen MR) is 107 cm³/mol. The molecule has 0 aliphatic carbocycles. The zero-order valence-corrected chi connectivity index (χ0v) is 16.4. The third-order valence-corrected chi connectivity index (χ3v) is 5.10. The summed E-state index contributed by atoms with van der Waals surface area (Å²) in [6.07, 6.45) is 2.42. The molecule has 0 amide bonds. The first-order valence-electron chi connectivity index (χ1n) is 9.37. The number of fused-ring (bicyclic) bond motifs is 1. The normalized spacial score (nSPS) is 20.3. The van der Waals surface area contributed by atoms with Crippen LogP contribution in [-0.2, 0) is 10.9 Å². The predicted octanol–water partition coefficient (Wildman–Crippen LogP) is 2.29. The SMILES string of the molecule is CC1C(/C(C=N)=C/N)OCCN1c1nccc(-c2cnc3cnc(C(F)(F)F)cn23)n1. The zero-order valence-electron chi connectivity index (χ0n) is 16.4. The van der Waals surface area contributed by atoms with E-state index in [1.54, 1.807) is 6.07 Å². The van der Waals surface area contributed by atoms with E-state index in [-0.39, 0.29) is 11.7 Å². The molecule has 2 atom stereocenters. The van der Waals surface area contributed by atoms with E-state index in [9.17, 15) is 13.2 Å². The number of alkyl halides is 3. The molecule has 0 aromatic carbocycles. The van der Waals surface area contributed by atoms with E-state index in [0.29, 0.717) is 36.1 Å². The van der Waals surface area contributed by atoms with Crippen LogP contribution in [0.1, 0.15) is 12.6 Å². The lowest BCUT2D eigenvalue weighted by atomic mass is 10.0. The molecule has 3 aromatic rings. The van der Waals surface area contributed by atoms with Crippen molar-refractivity contribution in [2.45, 2.75) is 25.2 Å². The van der Waals surface area contributed by atoms with Gasteiger partial charge in [-0.2, -0.15) is 13.2 Å². The van der Waals surface area contributed by atoms with Crippen molar-refractivity contribution in [2.24, 2.45) is 5.73 Å². The molecule has 1 aliphatic rings.